The lowest BCUT2D eigenvalue weighted by Crippen LogP contribution is -2.51. The second-order valence-electron chi connectivity index (χ2n) is 8.79. The van der Waals surface area contributed by atoms with Crippen LogP contribution in [0.25, 0.3) is 0 Å². The number of hydrogen-bond acceptors (Lipinski definition) is 6. The highest BCUT2D eigenvalue weighted by Gasteiger charge is 2.34. The number of ether oxygens (including phenoxy) is 1. The van der Waals surface area contributed by atoms with Crippen LogP contribution in [0.3, 0.4) is 0 Å². The van der Waals surface area contributed by atoms with Gasteiger partial charge in [-0.15, -0.1) is 6.58 Å². The van der Waals surface area contributed by atoms with E-state index in [1.54, 1.807) is 18.2 Å². The standard InChI is InChI=1S/C27H33N5O3/c1-3-13-28-26(33)19-30-14-16-31(17-15-30)20-27(34)32-25(22-9-11-23(35-2)12-10-22)18-24(29-32)21-7-5-4-6-8-21/h3-12,25H,1,13-20H2,2H3,(H,28,33)/t25-/m0/s1. The number of benzene rings is 2. The SMILES string of the molecule is C=CCNC(=O)CN1CCN(CC(=O)N2N=C(c3ccccc3)C[C@H]2c2ccc(OC)cc2)CC1. The van der Waals surface area contributed by atoms with Crippen LogP contribution >= 0.6 is 0 Å². The van der Waals surface area contributed by atoms with Gasteiger partial charge in [-0.25, -0.2) is 5.01 Å². The fourth-order valence-corrected chi connectivity index (χ4v) is 4.45. The molecule has 8 heteroatoms. The summed E-state index contributed by atoms with van der Waals surface area (Å²) in [6.07, 6.45) is 2.33. The molecule has 184 valence electrons. The summed E-state index contributed by atoms with van der Waals surface area (Å²) in [5.41, 5.74) is 2.98. The molecule has 8 nitrogen and oxygen atoms in total. The third kappa shape index (κ3) is 6.35. The fourth-order valence-electron chi connectivity index (χ4n) is 4.45. The molecular formula is C27H33N5O3. The summed E-state index contributed by atoms with van der Waals surface area (Å²) in [4.78, 5) is 29.7. The molecule has 2 aliphatic rings. The van der Waals surface area contributed by atoms with Gasteiger partial charge in [-0.3, -0.25) is 19.4 Å². The normalized spacial score (nSPS) is 18.7. The van der Waals surface area contributed by atoms with Gasteiger partial charge < -0.3 is 10.1 Å². The molecule has 1 saturated heterocycles. The van der Waals surface area contributed by atoms with Crippen LogP contribution in [-0.2, 0) is 9.59 Å². The average molecular weight is 476 g/mol. The van der Waals surface area contributed by atoms with Gasteiger partial charge in [0, 0.05) is 39.1 Å². The Morgan fingerprint density at radius 2 is 1.69 bits per heavy atom. The molecular weight excluding hydrogens is 442 g/mol. The fraction of sp³-hybridized carbons (Fsp3) is 0.370. The molecule has 1 atom stereocenters. The van der Waals surface area contributed by atoms with Gasteiger partial charge in [0.1, 0.15) is 5.75 Å². The zero-order chi connectivity index (χ0) is 24.6. The van der Waals surface area contributed by atoms with Gasteiger partial charge in [0.2, 0.25) is 5.91 Å². The molecule has 1 fully saturated rings. The van der Waals surface area contributed by atoms with Gasteiger partial charge in [0.05, 0.1) is 32.0 Å². The lowest BCUT2D eigenvalue weighted by molar-refractivity contribution is -0.135. The van der Waals surface area contributed by atoms with E-state index in [9.17, 15) is 9.59 Å². The number of piperazine rings is 1. The van der Waals surface area contributed by atoms with Crippen LogP contribution in [0.15, 0.2) is 72.4 Å². The highest BCUT2D eigenvalue weighted by Crippen LogP contribution is 2.33. The Hall–Kier alpha value is -3.49. The number of carbonyl (C=O) groups is 2. The van der Waals surface area contributed by atoms with Gasteiger partial charge in [0.25, 0.3) is 5.91 Å². The summed E-state index contributed by atoms with van der Waals surface area (Å²) in [7, 11) is 1.64. The second kappa shape index (κ2) is 11.8. The molecule has 2 aromatic rings. The Morgan fingerprint density at radius 1 is 1.03 bits per heavy atom. The van der Waals surface area contributed by atoms with Crippen LogP contribution in [0.5, 0.6) is 5.75 Å². The monoisotopic (exact) mass is 475 g/mol. The van der Waals surface area contributed by atoms with Gasteiger partial charge in [-0.05, 0) is 23.3 Å². The van der Waals surface area contributed by atoms with E-state index < -0.39 is 0 Å². The summed E-state index contributed by atoms with van der Waals surface area (Å²) in [6.45, 7) is 7.72. The maximum atomic E-state index is 13.4. The number of carbonyl (C=O) groups excluding carboxylic acids is 2. The van der Waals surface area contributed by atoms with Crippen molar-refractivity contribution < 1.29 is 14.3 Å². The first-order chi connectivity index (χ1) is 17.1. The van der Waals surface area contributed by atoms with E-state index in [4.69, 9.17) is 9.84 Å². The first-order valence-corrected chi connectivity index (χ1v) is 12.0. The van der Waals surface area contributed by atoms with Crippen LogP contribution in [0, 0.1) is 0 Å². The highest BCUT2D eigenvalue weighted by atomic mass is 16.5. The van der Waals surface area contributed by atoms with Crippen molar-refractivity contribution in [2.45, 2.75) is 12.5 Å². The summed E-state index contributed by atoms with van der Waals surface area (Å²) in [6, 6.07) is 17.7. The van der Waals surface area contributed by atoms with Gasteiger partial charge >= 0.3 is 0 Å². The van der Waals surface area contributed by atoms with Crippen molar-refractivity contribution in [3.63, 3.8) is 0 Å². The minimum absolute atomic E-state index is 0.00314. The Labute approximate surface area is 206 Å². The van der Waals surface area contributed by atoms with E-state index in [0.717, 1.165) is 48.8 Å². The van der Waals surface area contributed by atoms with E-state index in [-0.39, 0.29) is 17.9 Å². The molecule has 1 N–H and O–H groups in total. The number of rotatable bonds is 9. The first-order valence-electron chi connectivity index (χ1n) is 12.0. The van der Waals surface area contributed by atoms with Crippen molar-refractivity contribution in [1.82, 2.24) is 20.1 Å². The van der Waals surface area contributed by atoms with Crippen molar-refractivity contribution in [1.29, 1.82) is 0 Å². The Morgan fingerprint density at radius 3 is 2.31 bits per heavy atom. The molecule has 0 spiro atoms. The summed E-state index contributed by atoms with van der Waals surface area (Å²) >= 11 is 0. The maximum Gasteiger partial charge on any atom is 0.257 e. The molecule has 0 aromatic heterocycles. The van der Waals surface area contributed by atoms with Crippen LogP contribution in [0.2, 0.25) is 0 Å². The van der Waals surface area contributed by atoms with Gasteiger partial charge in [-0.1, -0.05) is 48.5 Å². The van der Waals surface area contributed by atoms with E-state index in [2.05, 4.69) is 21.7 Å². The molecule has 0 saturated carbocycles. The molecule has 2 aliphatic heterocycles. The molecule has 0 unspecified atom stereocenters. The molecule has 4 rings (SSSR count). The van der Waals surface area contributed by atoms with Crippen molar-refractivity contribution >= 4 is 17.5 Å². The Bertz CT molecular complexity index is 1050. The van der Waals surface area contributed by atoms with Gasteiger partial charge in [-0.2, -0.15) is 5.10 Å². The number of hydrazone groups is 1. The lowest BCUT2D eigenvalue weighted by atomic mass is 9.98. The number of amides is 2. The molecule has 2 heterocycles. The molecule has 0 aliphatic carbocycles. The summed E-state index contributed by atoms with van der Waals surface area (Å²) < 4.78 is 5.30. The van der Waals surface area contributed by atoms with Crippen LogP contribution in [-0.4, -0.2) is 85.3 Å². The predicted molar refractivity (Wildman–Crippen MR) is 136 cm³/mol. The van der Waals surface area contributed by atoms with Gasteiger partial charge in [0.15, 0.2) is 0 Å². The van der Waals surface area contributed by atoms with Crippen LogP contribution < -0.4 is 10.1 Å². The quantitative estimate of drug-likeness (QED) is 0.563. The van der Waals surface area contributed by atoms with E-state index >= 15 is 0 Å². The highest BCUT2D eigenvalue weighted by molar-refractivity contribution is 6.03. The summed E-state index contributed by atoms with van der Waals surface area (Å²) in [5, 5.41) is 9.24. The summed E-state index contributed by atoms with van der Waals surface area (Å²) in [5.74, 6) is 0.760. The van der Waals surface area contributed by atoms with Crippen molar-refractivity contribution in [2.75, 3.05) is 52.9 Å². The molecule has 2 amide bonds. The minimum atomic E-state index is -0.154. The average Bonchev–Trinajstić information content (AvgIpc) is 3.35. The van der Waals surface area contributed by atoms with E-state index in [1.807, 2.05) is 54.6 Å². The predicted octanol–water partition coefficient (Wildman–Crippen LogP) is 2.29. The largest absolute Gasteiger partial charge is 0.497 e. The molecule has 2 aromatic carbocycles. The van der Waals surface area contributed by atoms with Crippen molar-refractivity contribution in [3.05, 3.63) is 78.4 Å². The van der Waals surface area contributed by atoms with Crippen LogP contribution in [0.1, 0.15) is 23.6 Å². The number of nitrogens with zero attached hydrogens (tertiary/aromatic N) is 4. The van der Waals surface area contributed by atoms with Crippen molar-refractivity contribution in [2.24, 2.45) is 5.10 Å². The van der Waals surface area contributed by atoms with E-state index in [0.29, 0.717) is 26.1 Å². The number of nitrogens with one attached hydrogen (secondary N) is 1. The molecule has 0 radical (unpaired) electrons. The van der Waals surface area contributed by atoms with Crippen molar-refractivity contribution in [3.8, 4) is 5.75 Å². The second-order valence-corrected chi connectivity index (χ2v) is 8.79. The minimum Gasteiger partial charge on any atom is -0.497 e. The Balaban J connectivity index is 1.41. The zero-order valence-corrected chi connectivity index (χ0v) is 20.2. The number of methoxy groups -OCH3 is 1. The zero-order valence-electron chi connectivity index (χ0n) is 20.2. The first kappa shape index (κ1) is 24.6. The maximum absolute atomic E-state index is 13.4. The molecule has 0 bridgehead atoms. The lowest BCUT2D eigenvalue weighted by Gasteiger charge is -2.34. The van der Waals surface area contributed by atoms with E-state index in [1.165, 1.54) is 0 Å². The topological polar surface area (TPSA) is 77.5 Å². The third-order valence-corrected chi connectivity index (χ3v) is 6.41. The smallest absolute Gasteiger partial charge is 0.257 e. The van der Waals surface area contributed by atoms with Crippen LogP contribution in [0.4, 0.5) is 0 Å². The Kier molecular flexibility index (Phi) is 8.28. The molecule has 35 heavy (non-hydrogen) atoms. The number of hydrogen-bond donors (Lipinski definition) is 1. The third-order valence-electron chi connectivity index (χ3n) is 6.41.